The van der Waals surface area contributed by atoms with Crippen LogP contribution in [0, 0.1) is 0 Å². The Morgan fingerprint density at radius 2 is 1.83 bits per heavy atom. The minimum Gasteiger partial charge on any atom is -0.493 e. The van der Waals surface area contributed by atoms with Crippen LogP contribution in [-0.2, 0) is 0 Å². The van der Waals surface area contributed by atoms with Crippen molar-refractivity contribution in [1.82, 2.24) is 14.6 Å². The average Bonchev–Trinajstić information content (AvgIpc) is 3.43. The highest BCUT2D eigenvalue weighted by atomic mass is 79.9. The Morgan fingerprint density at radius 1 is 0.967 bits per heavy atom. The monoisotopic (exact) mass is 463 g/mol. The van der Waals surface area contributed by atoms with Gasteiger partial charge in [-0.05, 0) is 62.1 Å². The molecule has 0 unspecified atom stereocenters. The molecule has 1 fully saturated rings. The highest BCUT2D eigenvalue weighted by Gasteiger charge is 2.19. The van der Waals surface area contributed by atoms with Crippen LogP contribution in [0.3, 0.4) is 0 Å². The molecular weight excluding hydrogens is 442 g/mol. The van der Waals surface area contributed by atoms with E-state index in [2.05, 4.69) is 27.0 Å². The van der Waals surface area contributed by atoms with Gasteiger partial charge in [0.1, 0.15) is 0 Å². The number of nitrogens with zero attached hydrogens (tertiary/aromatic N) is 3. The second kappa shape index (κ2) is 8.11. The number of halogens is 1. The fourth-order valence-corrected chi connectivity index (χ4v) is 4.42. The smallest absolute Gasteiger partial charge is 0.162 e. The van der Waals surface area contributed by atoms with Crippen molar-refractivity contribution >= 4 is 21.6 Å². The van der Waals surface area contributed by atoms with Crippen LogP contribution in [-0.4, -0.2) is 27.8 Å². The van der Waals surface area contributed by atoms with Crippen molar-refractivity contribution in [3.8, 4) is 34.0 Å². The third-order valence-electron chi connectivity index (χ3n) is 5.53. The summed E-state index contributed by atoms with van der Waals surface area (Å²) in [4.78, 5) is 4.51. The van der Waals surface area contributed by atoms with Crippen molar-refractivity contribution in [2.75, 3.05) is 7.11 Å². The van der Waals surface area contributed by atoms with E-state index in [1.807, 2.05) is 59.2 Å². The van der Waals surface area contributed by atoms with E-state index in [-0.39, 0.29) is 6.10 Å². The predicted molar refractivity (Wildman–Crippen MR) is 121 cm³/mol. The standard InChI is InChI=1S/C24H22BrN3O2/c1-29-22-10-9-17(14-23(22)30-19-7-2-3-8-19)21-11-12-26-24-15-20(27-28(21)24)16-5-4-6-18(25)13-16/h4-6,9-15,19H,2-3,7-8H2,1H3. The number of rotatable bonds is 5. The van der Waals surface area contributed by atoms with E-state index >= 15 is 0 Å². The number of ether oxygens (including phenoxy) is 2. The maximum atomic E-state index is 6.28. The summed E-state index contributed by atoms with van der Waals surface area (Å²) in [6.07, 6.45) is 6.73. The molecule has 0 saturated heterocycles. The van der Waals surface area contributed by atoms with Crippen LogP contribution in [0.5, 0.6) is 11.5 Å². The van der Waals surface area contributed by atoms with Crippen molar-refractivity contribution in [2.45, 2.75) is 31.8 Å². The Hall–Kier alpha value is -2.86. The van der Waals surface area contributed by atoms with Crippen molar-refractivity contribution in [1.29, 1.82) is 0 Å². The molecule has 5 rings (SSSR count). The fraction of sp³-hybridized carbons (Fsp3) is 0.250. The molecule has 1 aliphatic rings. The molecule has 2 aromatic carbocycles. The average molecular weight is 464 g/mol. The number of hydrogen-bond acceptors (Lipinski definition) is 4. The van der Waals surface area contributed by atoms with E-state index in [1.54, 1.807) is 7.11 Å². The van der Waals surface area contributed by atoms with Gasteiger partial charge in [0, 0.05) is 27.9 Å². The maximum Gasteiger partial charge on any atom is 0.162 e. The topological polar surface area (TPSA) is 48.7 Å². The predicted octanol–water partition coefficient (Wildman–Crippen LogP) is 6.16. The quantitative estimate of drug-likeness (QED) is 0.355. The molecule has 0 spiro atoms. The molecule has 152 valence electrons. The van der Waals surface area contributed by atoms with Gasteiger partial charge in [-0.1, -0.05) is 28.1 Å². The molecule has 1 saturated carbocycles. The van der Waals surface area contributed by atoms with Gasteiger partial charge in [-0.3, -0.25) is 0 Å². The van der Waals surface area contributed by atoms with Gasteiger partial charge < -0.3 is 9.47 Å². The Morgan fingerprint density at radius 3 is 2.63 bits per heavy atom. The van der Waals surface area contributed by atoms with Gasteiger partial charge in [-0.2, -0.15) is 5.10 Å². The van der Waals surface area contributed by atoms with E-state index < -0.39 is 0 Å². The first-order valence-corrected chi connectivity index (χ1v) is 11.0. The molecule has 0 N–H and O–H groups in total. The molecule has 30 heavy (non-hydrogen) atoms. The highest BCUT2D eigenvalue weighted by molar-refractivity contribution is 9.10. The number of benzene rings is 2. The lowest BCUT2D eigenvalue weighted by Gasteiger charge is -2.17. The highest BCUT2D eigenvalue weighted by Crippen LogP contribution is 2.35. The first-order chi connectivity index (χ1) is 14.7. The molecule has 5 nitrogen and oxygen atoms in total. The molecule has 0 atom stereocenters. The minimum atomic E-state index is 0.263. The van der Waals surface area contributed by atoms with Gasteiger partial charge in [-0.15, -0.1) is 0 Å². The van der Waals surface area contributed by atoms with E-state index in [9.17, 15) is 0 Å². The zero-order valence-electron chi connectivity index (χ0n) is 16.7. The van der Waals surface area contributed by atoms with E-state index in [0.29, 0.717) is 0 Å². The Balaban J connectivity index is 1.57. The summed E-state index contributed by atoms with van der Waals surface area (Å²) in [7, 11) is 1.68. The fourth-order valence-electron chi connectivity index (χ4n) is 4.02. The molecule has 6 heteroatoms. The van der Waals surface area contributed by atoms with Crippen LogP contribution in [0.1, 0.15) is 25.7 Å². The van der Waals surface area contributed by atoms with Crippen LogP contribution in [0.25, 0.3) is 28.2 Å². The lowest BCUT2D eigenvalue weighted by Crippen LogP contribution is -2.11. The van der Waals surface area contributed by atoms with Crippen LogP contribution >= 0.6 is 15.9 Å². The first-order valence-electron chi connectivity index (χ1n) is 10.2. The third-order valence-corrected chi connectivity index (χ3v) is 6.03. The lowest BCUT2D eigenvalue weighted by atomic mass is 10.1. The zero-order chi connectivity index (χ0) is 20.5. The molecule has 0 amide bonds. The number of fused-ring (bicyclic) bond motifs is 1. The third kappa shape index (κ3) is 3.67. The summed E-state index contributed by atoms with van der Waals surface area (Å²) in [6, 6.07) is 18.2. The van der Waals surface area contributed by atoms with Crippen LogP contribution < -0.4 is 9.47 Å². The molecule has 1 aliphatic carbocycles. The number of hydrogen-bond donors (Lipinski definition) is 0. The van der Waals surface area contributed by atoms with Crippen molar-refractivity contribution in [2.24, 2.45) is 0 Å². The first kappa shape index (κ1) is 19.1. The molecule has 2 heterocycles. The molecule has 2 aromatic heterocycles. The van der Waals surface area contributed by atoms with Crippen molar-refractivity contribution < 1.29 is 9.47 Å². The zero-order valence-corrected chi connectivity index (χ0v) is 18.3. The lowest BCUT2D eigenvalue weighted by molar-refractivity contribution is 0.201. The number of methoxy groups -OCH3 is 1. The van der Waals surface area contributed by atoms with Gasteiger partial charge in [0.2, 0.25) is 0 Å². The molecule has 0 radical (unpaired) electrons. The number of aromatic nitrogens is 3. The summed E-state index contributed by atoms with van der Waals surface area (Å²) in [6.45, 7) is 0. The van der Waals surface area contributed by atoms with Crippen molar-refractivity contribution in [3.63, 3.8) is 0 Å². The molecule has 0 bridgehead atoms. The van der Waals surface area contributed by atoms with Gasteiger partial charge in [0.25, 0.3) is 0 Å². The molecule has 4 aromatic rings. The Bertz CT molecular complexity index is 1200. The molecular formula is C24H22BrN3O2. The van der Waals surface area contributed by atoms with Crippen LogP contribution in [0.4, 0.5) is 0 Å². The van der Waals surface area contributed by atoms with Gasteiger partial charge in [0.05, 0.1) is 24.6 Å². The summed E-state index contributed by atoms with van der Waals surface area (Å²) in [5.74, 6) is 1.54. The van der Waals surface area contributed by atoms with E-state index in [1.165, 1.54) is 12.8 Å². The summed E-state index contributed by atoms with van der Waals surface area (Å²) < 4.78 is 14.7. The van der Waals surface area contributed by atoms with Gasteiger partial charge >= 0.3 is 0 Å². The normalized spacial score (nSPS) is 14.3. The Kier molecular flexibility index (Phi) is 5.17. The van der Waals surface area contributed by atoms with E-state index in [4.69, 9.17) is 14.6 Å². The van der Waals surface area contributed by atoms with Crippen LogP contribution in [0.15, 0.2) is 65.3 Å². The second-order valence-electron chi connectivity index (χ2n) is 7.53. The van der Waals surface area contributed by atoms with Crippen LogP contribution in [0.2, 0.25) is 0 Å². The van der Waals surface area contributed by atoms with Gasteiger partial charge in [-0.25, -0.2) is 9.50 Å². The van der Waals surface area contributed by atoms with Gasteiger partial charge in [0.15, 0.2) is 17.1 Å². The largest absolute Gasteiger partial charge is 0.493 e. The second-order valence-corrected chi connectivity index (χ2v) is 8.45. The maximum absolute atomic E-state index is 6.28. The summed E-state index contributed by atoms with van der Waals surface area (Å²) in [5, 5.41) is 4.84. The SMILES string of the molecule is COc1ccc(-c2ccnc3cc(-c4cccc(Br)c4)nn23)cc1OC1CCCC1. The van der Waals surface area contributed by atoms with Crippen molar-refractivity contribution in [3.05, 3.63) is 65.3 Å². The summed E-state index contributed by atoms with van der Waals surface area (Å²) >= 11 is 3.54. The Labute approximate surface area is 183 Å². The van der Waals surface area contributed by atoms with E-state index in [0.717, 1.165) is 57.0 Å². The molecule has 0 aliphatic heterocycles. The summed E-state index contributed by atoms with van der Waals surface area (Å²) in [5.41, 5.74) is 4.70. The minimum absolute atomic E-state index is 0.263.